The molecule has 0 unspecified atom stereocenters. The van der Waals surface area contributed by atoms with Gasteiger partial charge in [-0.25, -0.2) is 4.39 Å². The summed E-state index contributed by atoms with van der Waals surface area (Å²) in [5.74, 6) is 0.0412. The summed E-state index contributed by atoms with van der Waals surface area (Å²) < 4.78 is 13.2. The number of likely N-dealkylation sites (tertiary alicyclic amines) is 3. The highest BCUT2D eigenvalue weighted by atomic mass is 19.1. The molecule has 6 aliphatic heterocycles. The van der Waals surface area contributed by atoms with Gasteiger partial charge in [-0.1, -0.05) is 250 Å². The maximum atomic E-state index is 14.1. The highest BCUT2D eigenvalue weighted by molar-refractivity contribution is 5.95. The maximum absolute atomic E-state index is 14.1. The number of hydrogen-bond donors (Lipinski definition) is 6. The largest absolute Gasteiger partial charge is 0.351 e. The minimum absolute atomic E-state index is 0.0197. The quantitative estimate of drug-likeness (QED) is 0.0219. The smallest absolute Gasteiger partial charge is 0.251 e. The van der Waals surface area contributed by atoms with Crippen molar-refractivity contribution in [2.45, 2.75) is 164 Å². The molecule has 19 heteroatoms. The molecule has 6 N–H and O–H groups in total. The van der Waals surface area contributed by atoms with Crippen molar-refractivity contribution in [1.82, 2.24) is 61.3 Å². The standard InChI is InChI=1S/C36H43FN4O2.C36H46N4O2.C36H44N4O2/c37-31-17-14-28(15-18-31)16-19-35(42)38-26-32-20-25-41(36(43)34(39-32)21-24-40-22-8-3-9-23-40)27-33(29-10-4-1-5-11-29)30-12-6-2-7-13-30;1-27-16-17-31(24-28(27)2)35(41)37-25-32-18-23-40(36(42)34(38-32)19-22-39-20-10-5-11-21-39)26-33(29-12-6-3-7-13-29)30-14-8-4-9-15-30;41-35(20-19-29-13-5-1-6-14-29)37-27-32-21-26-40(36(42)34(38-32)22-25-39-23-11-4-12-24-39)28-33(30-15-7-2-8-16-30)31-17-9-3-10-18-31/h1-2,4-7,10-19,32-34,39H,3,8-9,20-27H2,(H,38,42);3-4,6-9,12-17,24,32-34,38H,5,10-11,18-23,25-26H2,1-2H3,(H,37,41);1-3,5-10,13-20,32-34,38H,4,11-12,21-28H2,(H,37,41)/b19-16+;;20-19+/t3*32-,34-/m000/s1. The molecular weight excluding hydrogens is 1580 g/mol. The van der Waals surface area contributed by atoms with E-state index < -0.39 is 0 Å². The van der Waals surface area contributed by atoms with Crippen LogP contribution in [0.25, 0.3) is 12.2 Å². The molecule has 0 radical (unpaired) electrons. The summed E-state index contributed by atoms with van der Waals surface area (Å²) in [4.78, 5) is 94.3. The van der Waals surface area contributed by atoms with Crippen molar-refractivity contribution in [1.29, 1.82) is 0 Å². The summed E-state index contributed by atoms with van der Waals surface area (Å²) in [6.45, 7) is 18.7. The fourth-order valence-corrected chi connectivity index (χ4v) is 18.6. The highest BCUT2D eigenvalue weighted by Gasteiger charge is 2.38. The van der Waals surface area contributed by atoms with Gasteiger partial charge in [0.25, 0.3) is 5.91 Å². The molecule has 0 aromatic heterocycles. The van der Waals surface area contributed by atoms with Crippen LogP contribution >= 0.6 is 0 Å². The predicted molar refractivity (Wildman–Crippen MR) is 510 cm³/mol. The van der Waals surface area contributed by atoms with Crippen LogP contribution in [0.15, 0.2) is 267 Å². The van der Waals surface area contributed by atoms with E-state index in [0.29, 0.717) is 64.5 Å². The van der Waals surface area contributed by atoms with Gasteiger partial charge in [0.15, 0.2) is 0 Å². The van der Waals surface area contributed by atoms with Gasteiger partial charge in [0, 0.05) is 132 Å². The Morgan fingerprint density at radius 3 is 0.953 bits per heavy atom. The lowest BCUT2D eigenvalue weighted by molar-refractivity contribution is -0.133. The number of piperidine rings is 3. The topological polar surface area (TPSA) is 194 Å². The number of carbonyl (C=O) groups excluding carboxylic acids is 6. The molecule has 6 amide bonds. The Labute approximate surface area is 753 Å². The third kappa shape index (κ3) is 29.5. The molecule has 0 spiro atoms. The third-order valence-electron chi connectivity index (χ3n) is 26.2. The zero-order valence-electron chi connectivity index (χ0n) is 74.6. The monoisotopic (exact) mass is 1710 g/mol. The van der Waals surface area contributed by atoms with Gasteiger partial charge in [-0.05, 0) is 222 Å². The van der Waals surface area contributed by atoms with Crippen molar-refractivity contribution in [2.24, 2.45) is 0 Å². The van der Waals surface area contributed by atoms with Crippen LogP contribution in [0.3, 0.4) is 0 Å². The summed E-state index contributed by atoms with van der Waals surface area (Å²) in [7, 11) is 0. The first-order chi connectivity index (χ1) is 62.2. The molecule has 15 rings (SSSR count). The van der Waals surface area contributed by atoms with Crippen LogP contribution in [0.1, 0.15) is 180 Å². The van der Waals surface area contributed by atoms with Crippen LogP contribution in [0.2, 0.25) is 0 Å². The Morgan fingerprint density at radius 1 is 0.354 bits per heavy atom. The molecular formula is C108H133FN12O6. The Balaban J connectivity index is 0.000000163. The molecule has 9 aromatic carbocycles. The molecule has 0 aliphatic carbocycles. The zero-order chi connectivity index (χ0) is 88.2. The minimum atomic E-state index is -0.312. The SMILES string of the molecule is Cc1ccc(C(=O)NC[C@@H]2CCN(CC(c3ccccc3)c3ccccc3)C(=O)[C@H](CCN3CCCCC3)N2)cc1C.O=C(/C=C/c1ccc(F)cc1)NC[C@@H]1CCN(CC(c2ccccc2)c2ccccc2)C(=O)[C@H](CCN2CCCCC2)N1.O=C(/C=C/c1ccccc1)NC[C@@H]1CCN(CC(c2ccccc2)c2ccccc2)C(=O)[C@H](CCN2CCCCC2)N1. The normalized spacial score (nSPS) is 20.0. The van der Waals surface area contributed by atoms with E-state index in [1.54, 1.807) is 24.3 Å². The number of halogens is 1. The molecule has 6 heterocycles. The molecule has 127 heavy (non-hydrogen) atoms. The second kappa shape index (κ2) is 49.9. The first kappa shape index (κ1) is 93.6. The number of hydrogen-bond acceptors (Lipinski definition) is 12. The third-order valence-corrected chi connectivity index (χ3v) is 26.2. The van der Waals surface area contributed by atoms with Crippen molar-refractivity contribution in [2.75, 3.05) is 118 Å². The van der Waals surface area contributed by atoms with Crippen LogP contribution in [-0.2, 0) is 24.0 Å². The van der Waals surface area contributed by atoms with Gasteiger partial charge >= 0.3 is 0 Å². The van der Waals surface area contributed by atoms with Gasteiger partial charge in [0.2, 0.25) is 29.5 Å². The second-order valence-electron chi connectivity index (χ2n) is 35.3. The number of nitrogens with zero attached hydrogens (tertiary/aromatic N) is 6. The summed E-state index contributed by atoms with van der Waals surface area (Å²) in [5.41, 5.74) is 12.0. The van der Waals surface area contributed by atoms with E-state index in [2.05, 4.69) is 209 Å². The van der Waals surface area contributed by atoms with E-state index in [1.807, 2.05) is 103 Å². The van der Waals surface area contributed by atoms with E-state index in [0.717, 1.165) is 114 Å². The molecule has 6 aliphatic rings. The van der Waals surface area contributed by atoms with Gasteiger partial charge in [-0.2, -0.15) is 0 Å². The fraction of sp³-hybridized carbons (Fsp3) is 0.407. The summed E-state index contributed by atoms with van der Waals surface area (Å²) >= 11 is 0. The van der Waals surface area contributed by atoms with Crippen molar-refractivity contribution in [3.8, 4) is 0 Å². The molecule has 6 saturated heterocycles. The van der Waals surface area contributed by atoms with Crippen LogP contribution in [0.5, 0.6) is 0 Å². The van der Waals surface area contributed by atoms with Gasteiger partial charge in [0.1, 0.15) is 5.82 Å². The molecule has 18 nitrogen and oxygen atoms in total. The highest BCUT2D eigenvalue weighted by Crippen LogP contribution is 2.32. The summed E-state index contributed by atoms with van der Waals surface area (Å²) in [6.07, 6.45) is 22.4. The first-order valence-electron chi connectivity index (χ1n) is 46.9. The molecule has 6 atom stereocenters. The first-order valence-corrected chi connectivity index (χ1v) is 46.9. The number of rotatable bonds is 32. The van der Waals surface area contributed by atoms with Crippen molar-refractivity contribution >= 4 is 47.6 Å². The second-order valence-corrected chi connectivity index (χ2v) is 35.3. The number of aryl methyl sites for hydroxylation is 2. The van der Waals surface area contributed by atoms with E-state index in [-0.39, 0.29) is 95.3 Å². The lowest BCUT2D eigenvalue weighted by Crippen LogP contribution is -2.50. The van der Waals surface area contributed by atoms with E-state index in [4.69, 9.17) is 0 Å². The fourth-order valence-electron chi connectivity index (χ4n) is 18.6. The van der Waals surface area contributed by atoms with Gasteiger partial charge < -0.3 is 61.3 Å². The van der Waals surface area contributed by atoms with Gasteiger partial charge in [-0.3, -0.25) is 28.8 Å². The summed E-state index contributed by atoms with van der Waals surface area (Å²) in [6, 6.07) is 83.7. The average molecular weight is 1710 g/mol. The van der Waals surface area contributed by atoms with Crippen molar-refractivity contribution in [3.63, 3.8) is 0 Å². The molecule has 9 aromatic rings. The molecule has 668 valence electrons. The molecule has 0 bridgehead atoms. The van der Waals surface area contributed by atoms with E-state index >= 15 is 0 Å². The van der Waals surface area contributed by atoms with Crippen LogP contribution in [0.4, 0.5) is 4.39 Å². The lowest BCUT2D eigenvalue weighted by Gasteiger charge is -2.31. The van der Waals surface area contributed by atoms with Crippen LogP contribution < -0.4 is 31.9 Å². The van der Waals surface area contributed by atoms with E-state index in [9.17, 15) is 33.2 Å². The molecule has 6 fully saturated rings. The zero-order valence-corrected chi connectivity index (χ0v) is 74.6. The maximum Gasteiger partial charge on any atom is 0.251 e. The number of carbonyl (C=O) groups is 6. The van der Waals surface area contributed by atoms with Crippen LogP contribution in [0, 0.1) is 19.7 Å². The Hall–Kier alpha value is -11.0. The Bertz CT molecular complexity index is 4770. The molecule has 0 saturated carbocycles. The number of amides is 6. The van der Waals surface area contributed by atoms with E-state index in [1.165, 1.54) is 115 Å². The number of benzene rings is 9. The predicted octanol–water partition coefficient (Wildman–Crippen LogP) is 15.6. The minimum Gasteiger partial charge on any atom is -0.351 e. The Kier molecular flexibility index (Phi) is 36.8. The van der Waals surface area contributed by atoms with Crippen LogP contribution in [-0.4, -0.2) is 219 Å². The average Bonchev–Trinajstić information content (AvgIpc) is 1.81. The summed E-state index contributed by atoms with van der Waals surface area (Å²) in [5, 5.41) is 20.2. The lowest BCUT2D eigenvalue weighted by atomic mass is 9.90. The Morgan fingerprint density at radius 2 is 0.646 bits per heavy atom. The van der Waals surface area contributed by atoms with Gasteiger partial charge in [-0.15, -0.1) is 0 Å². The number of nitrogens with one attached hydrogen (secondary N) is 6. The van der Waals surface area contributed by atoms with Crippen molar-refractivity contribution in [3.05, 3.63) is 334 Å². The van der Waals surface area contributed by atoms with Gasteiger partial charge in [0.05, 0.1) is 18.1 Å². The van der Waals surface area contributed by atoms with Crippen molar-refractivity contribution < 1.29 is 33.2 Å².